The number of fused-ring (bicyclic) bond motifs is 1. The van der Waals surface area contributed by atoms with Gasteiger partial charge in [-0.3, -0.25) is 4.79 Å². The Kier molecular flexibility index (Phi) is 2.54. The normalized spacial score (nSPS) is 36.9. The highest BCUT2D eigenvalue weighted by atomic mass is 16.2. The Labute approximate surface area is 86.5 Å². The first-order valence-electron chi connectivity index (χ1n) is 5.90. The molecule has 80 valence electrons. The summed E-state index contributed by atoms with van der Waals surface area (Å²) in [5.41, 5.74) is -0.133. The first kappa shape index (κ1) is 10.0. The maximum Gasteiger partial charge on any atom is 0.225 e. The molecule has 0 radical (unpaired) electrons. The Morgan fingerprint density at radius 3 is 2.71 bits per heavy atom. The molecule has 2 nitrogen and oxygen atoms in total. The van der Waals surface area contributed by atoms with E-state index >= 15 is 0 Å². The summed E-state index contributed by atoms with van der Waals surface area (Å²) in [5, 5.41) is 3.21. The van der Waals surface area contributed by atoms with Crippen LogP contribution in [0.5, 0.6) is 0 Å². The Balaban J connectivity index is 2.10. The predicted octanol–water partition coefficient (Wildman–Crippen LogP) is 2.48. The van der Waals surface area contributed by atoms with Crippen LogP contribution < -0.4 is 5.32 Å². The number of hydrogen-bond donors (Lipinski definition) is 1. The Hall–Kier alpha value is -0.530. The van der Waals surface area contributed by atoms with Crippen LogP contribution >= 0.6 is 0 Å². The van der Waals surface area contributed by atoms with Gasteiger partial charge in [-0.1, -0.05) is 33.1 Å². The highest BCUT2D eigenvalue weighted by Crippen LogP contribution is 2.37. The summed E-state index contributed by atoms with van der Waals surface area (Å²) in [4.78, 5) is 11.8. The summed E-state index contributed by atoms with van der Waals surface area (Å²) >= 11 is 0. The standard InChI is InChI=1S/C12H21NO/c1-12(2)8-9-6-4-3-5-7-10(9)13-11(12)14/h9-10H,3-8H2,1-2H3,(H,13,14)/t9-,10-/m1/s1. The van der Waals surface area contributed by atoms with Crippen LogP contribution in [0.15, 0.2) is 0 Å². The zero-order chi connectivity index (χ0) is 10.2. The first-order valence-corrected chi connectivity index (χ1v) is 5.90. The number of carbonyl (C=O) groups excluding carboxylic acids is 1. The molecule has 0 aromatic heterocycles. The molecule has 1 N–H and O–H groups in total. The lowest BCUT2D eigenvalue weighted by atomic mass is 9.73. The largest absolute Gasteiger partial charge is 0.353 e. The van der Waals surface area contributed by atoms with Crippen molar-refractivity contribution in [3.63, 3.8) is 0 Å². The van der Waals surface area contributed by atoms with Crippen molar-refractivity contribution in [3.8, 4) is 0 Å². The molecule has 2 fully saturated rings. The fourth-order valence-corrected chi connectivity index (χ4v) is 2.93. The van der Waals surface area contributed by atoms with Gasteiger partial charge in [-0.2, -0.15) is 0 Å². The molecule has 1 saturated heterocycles. The van der Waals surface area contributed by atoms with Crippen molar-refractivity contribution >= 4 is 5.91 Å². The van der Waals surface area contributed by atoms with Gasteiger partial charge in [0.05, 0.1) is 0 Å². The van der Waals surface area contributed by atoms with Crippen molar-refractivity contribution in [1.29, 1.82) is 0 Å². The van der Waals surface area contributed by atoms with Gasteiger partial charge in [0.15, 0.2) is 0 Å². The summed E-state index contributed by atoms with van der Waals surface area (Å²) < 4.78 is 0. The van der Waals surface area contributed by atoms with Crippen LogP contribution in [0.4, 0.5) is 0 Å². The minimum absolute atomic E-state index is 0.133. The van der Waals surface area contributed by atoms with Crippen LogP contribution in [0.3, 0.4) is 0 Å². The van der Waals surface area contributed by atoms with Gasteiger partial charge in [0.2, 0.25) is 5.91 Å². The second-order valence-electron chi connectivity index (χ2n) is 5.57. The summed E-state index contributed by atoms with van der Waals surface area (Å²) in [6.45, 7) is 4.15. The third-order valence-corrected chi connectivity index (χ3v) is 3.86. The number of rotatable bonds is 0. The minimum Gasteiger partial charge on any atom is -0.353 e. The van der Waals surface area contributed by atoms with E-state index < -0.39 is 0 Å². The number of hydrogen-bond acceptors (Lipinski definition) is 1. The lowest BCUT2D eigenvalue weighted by Crippen LogP contribution is -2.52. The molecule has 0 aromatic carbocycles. The van der Waals surface area contributed by atoms with Crippen LogP contribution in [0, 0.1) is 11.3 Å². The number of piperidine rings is 1. The maximum atomic E-state index is 11.8. The highest BCUT2D eigenvalue weighted by molar-refractivity contribution is 5.83. The van der Waals surface area contributed by atoms with E-state index in [9.17, 15) is 4.79 Å². The SMILES string of the molecule is CC1(C)C[C@H]2CCCCC[C@H]2NC1=O. The second kappa shape index (κ2) is 3.56. The van der Waals surface area contributed by atoms with E-state index in [0.29, 0.717) is 6.04 Å². The molecule has 2 aliphatic rings. The number of amides is 1. The lowest BCUT2D eigenvalue weighted by Gasteiger charge is -2.40. The van der Waals surface area contributed by atoms with Crippen LogP contribution in [-0.2, 0) is 4.79 Å². The topological polar surface area (TPSA) is 29.1 Å². The third kappa shape index (κ3) is 1.79. The highest BCUT2D eigenvalue weighted by Gasteiger charge is 2.40. The van der Waals surface area contributed by atoms with Crippen molar-refractivity contribution in [2.24, 2.45) is 11.3 Å². The zero-order valence-corrected chi connectivity index (χ0v) is 9.31. The fourth-order valence-electron chi connectivity index (χ4n) is 2.93. The molecular weight excluding hydrogens is 174 g/mol. The molecule has 0 unspecified atom stereocenters. The smallest absolute Gasteiger partial charge is 0.225 e. The summed E-state index contributed by atoms with van der Waals surface area (Å²) in [5.74, 6) is 1.01. The van der Waals surface area contributed by atoms with Crippen LogP contribution in [0.25, 0.3) is 0 Å². The molecule has 1 saturated carbocycles. The quantitative estimate of drug-likeness (QED) is 0.632. The minimum atomic E-state index is -0.133. The molecule has 1 aliphatic heterocycles. The molecule has 1 heterocycles. The Morgan fingerprint density at radius 2 is 1.93 bits per heavy atom. The molecule has 2 atom stereocenters. The average Bonchev–Trinajstić information content (AvgIpc) is 2.30. The zero-order valence-electron chi connectivity index (χ0n) is 9.31. The van der Waals surface area contributed by atoms with Gasteiger partial charge >= 0.3 is 0 Å². The van der Waals surface area contributed by atoms with Gasteiger partial charge in [0.1, 0.15) is 0 Å². The molecule has 0 aromatic rings. The van der Waals surface area contributed by atoms with E-state index in [4.69, 9.17) is 0 Å². The lowest BCUT2D eigenvalue weighted by molar-refractivity contribution is -0.134. The van der Waals surface area contributed by atoms with Crippen molar-refractivity contribution in [3.05, 3.63) is 0 Å². The van der Waals surface area contributed by atoms with Gasteiger partial charge in [-0.15, -0.1) is 0 Å². The van der Waals surface area contributed by atoms with Crippen molar-refractivity contribution in [2.75, 3.05) is 0 Å². The van der Waals surface area contributed by atoms with E-state index in [2.05, 4.69) is 19.2 Å². The monoisotopic (exact) mass is 195 g/mol. The van der Waals surface area contributed by atoms with Gasteiger partial charge in [0.25, 0.3) is 0 Å². The van der Waals surface area contributed by atoms with Crippen LogP contribution in [0.2, 0.25) is 0 Å². The van der Waals surface area contributed by atoms with Crippen molar-refractivity contribution < 1.29 is 4.79 Å². The predicted molar refractivity (Wildman–Crippen MR) is 56.9 cm³/mol. The third-order valence-electron chi connectivity index (χ3n) is 3.86. The number of nitrogens with one attached hydrogen (secondary N) is 1. The van der Waals surface area contributed by atoms with E-state index in [1.54, 1.807) is 0 Å². The molecular formula is C12H21NO. The van der Waals surface area contributed by atoms with Crippen LogP contribution in [-0.4, -0.2) is 11.9 Å². The van der Waals surface area contributed by atoms with Gasteiger partial charge in [-0.25, -0.2) is 0 Å². The summed E-state index contributed by atoms with van der Waals surface area (Å²) in [6, 6.07) is 0.484. The molecule has 0 spiro atoms. The van der Waals surface area contributed by atoms with Crippen molar-refractivity contribution in [1.82, 2.24) is 5.32 Å². The molecule has 0 bridgehead atoms. The maximum absolute atomic E-state index is 11.8. The first-order chi connectivity index (χ1) is 6.59. The molecule has 1 amide bonds. The summed E-state index contributed by atoms with van der Waals surface area (Å²) in [6.07, 6.45) is 7.60. The average molecular weight is 195 g/mol. The van der Waals surface area contributed by atoms with Crippen molar-refractivity contribution in [2.45, 2.75) is 58.4 Å². The van der Waals surface area contributed by atoms with Gasteiger partial charge in [0, 0.05) is 11.5 Å². The van der Waals surface area contributed by atoms with Crippen LogP contribution in [0.1, 0.15) is 52.4 Å². The Morgan fingerprint density at radius 1 is 1.21 bits per heavy atom. The van der Waals surface area contributed by atoms with E-state index in [-0.39, 0.29) is 11.3 Å². The van der Waals surface area contributed by atoms with Gasteiger partial charge in [-0.05, 0) is 25.2 Å². The molecule has 1 aliphatic carbocycles. The van der Waals surface area contributed by atoms with E-state index in [1.165, 1.54) is 32.1 Å². The summed E-state index contributed by atoms with van der Waals surface area (Å²) in [7, 11) is 0. The molecule has 2 heteroatoms. The van der Waals surface area contributed by atoms with E-state index in [1.807, 2.05) is 0 Å². The van der Waals surface area contributed by atoms with E-state index in [0.717, 1.165) is 12.3 Å². The molecule has 14 heavy (non-hydrogen) atoms. The second-order valence-corrected chi connectivity index (χ2v) is 5.57. The van der Waals surface area contributed by atoms with Gasteiger partial charge < -0.3 is 5.32 Å². The fraction of sp³-hybridized carbons (Fsp3) is 0.917. The molecule has 2 rings (SSSR count). The number of carbonyl (C=O) groups is 1. The Bertz CT molecular complexity index is 234.